The molecule has 0 radical (unpaired) electrons. The number of rotatable bonds is 7. The third kappa shape index (κ3) is 3.94. The molecule has 0 saturated heterocycles. The predicted octanol–water partition coefficient (Wildman–Crippen LogP) is 5.39. The average molecular weight is 455 g/mol. The lowest BCUT2D eigenvalue weighted by molar-refractivity contribution is 0.414. The van der Waals surface area contributed by atoms with E-state index in [1.807, 2.05) is 41.8 Å². The molecular formula is C26H23FN6O. The Kier molecular flexibility index (Phi) is 5.63. The topological polar surface area (TPSA) is 77.8 Å². The summed E-state index contributed by atoms with van der Waals surface area (Å²) in [4.78, 5) is 18.1. The maximum atomic E-state index is 14.5. The summed E-state index contributed by atoms with van der Waals surface area (Å²) in [5, 5.41) is 4.60. The third-order valence-electron chi connectivity index (χ3n) is 5.77. The van der Waals surface area contributed by atoms with E-state index in [2.05, 4.69) is 31.8 Å². The lowest BCUT2D eigenvalue weighted by Gasteiger charge is -2.16. The van der Waals surface area contributed by atoms with Crippen LogP contribution in [0.3, 0.4) is 0 Å². The van der Waals surface area contributed by atoms with Crippen molar-refractivity contribution in [2.24, 2.45) is 0 Å². The molecule has 0 aliphatic carbocycles. The molecule has 5 aromatic rings. The van der Waals surface area contributed by atoms with Gasteiger partial charge in [-0.15, -0.1) is 0 Å². The quantitative estimate of drug-likeness (QED) is 0.355. The van der Waals surface area contributed by atoms with Crippen LogP contribution >= 0.6 is 0 Å². The minimum Gasteiger partial charge on any atom is -0.497 e. The number of hydrogen-bond acceptors (Lipinski definition) is 6. The summed E-state index contributed by atoms with van der Waals surface area (Å²) in [6.45, 7) is 6.40. The highest BCUT2D eigenvalue weighted by Gasteiger charge is 2.16. The van der Waals surface area contributed by atoms with Gasteiger partial charge in [-0.2, -0.15) is 0 Å². The fourth-order valence-corrected chi connectivity index (χ4v) is 3.97. The smallest absolute Gasteiger partial charge is 0.165 e. The van der Waals surface area contributed by atoms with Crippen LogP contribution in [0.5, 0.6) is 5.75 Å². The van der Waals surface area contributed by atoms with Crippen molar-refractivity contribution in [1.82, 2.24) is 24.5 Å². The molecule has 0 unspecified atom stereocenters. The summed E-state index contributed by atoms with van der Waals surface area (Å²) >= 11 is 0. The maximum absolute atomic E-state index is 14.5. The summed E-state index contributed by atoms with van der Waals surface area (Å²) in [7, 11) is 1.65. The number of pyridine rings is 1. The first-order valence-corrected chi connectivity index (χ1v) is 10.8. The second-order valence-electron chi connectivity index (χ2n) is 7.95. The van der Waals surface area contributed by atoms with Crippen LogP contribution in [-0.2, 0) is 6.54 Å². The average Bonchev–Trinajstić information content (AvgIpc) is 3.28. The molecule has 0 aliphatic rings. The minimum atomic E-state index is -0.293. The zero-order chi connectivity index (χ0) is 23.7. The molecule has 3 heterocycles. The Hall–Kier alpha value is -4.33. The lowest BCUT2D eigenvalue weighted by atomic mass is 10.1. The number of hydrogen-bond donors (Lipinski definition) is 1. The normalized spacial score (nSPS) is 12.1. The molecule has 34 heavy (non-hydrogen) atoms. The predicted molar refractivity (Wildman–Crippen MR) is 131 cm³/mol. The van der Waals surface area contributed by atoms with E-state index in [0.29, 0.717) is 40.3 Å². The van der Waals surface area contributed by atoms with Gasteiger partial charge in [-0.25, -0.2) is 19.3 Å². The summed E-state index contributed by atoms with van der Waals surface area (Å²) in [6, 6.07) is 14.3. The molecule has 0 spiro atoms. The first-order chi connectivity index (χ1) is 16.6. The highest BCUT2D eigenvalue weighted by atomic mass is 19.1. The number of anilines is 1. The molecule has 0 fully saturated rings. The monoisotopic (exact) mass is 454 g/mol. The second kappa shape index (κ2) is 8.90. The van der Waals surface area contributed by atoms with Crippen LogP contribution in [0.4, 0.5) is 10.2 Å². The van der Waals surface area contributed by atoms with E-state index in [4.69, 9.17) is 4.74 Å². The van der Waals surface area contributed by atoms with Crippen molar-refractivity contribution in [2.45, 2.75) is 19.5 Å². The van der Waals surface area contributed by atoms with Crippen LogP contribution in [0.25, 0.3) is 28.0 Å². The molecule has 8 heteroatoms. The van der Waals surface area contributed by atoms with Crippen molar-refractivity contribution in [3.8, 4) is 5.75 Å². The van der Waals surface area contributed by atoms with Gasteiger partial charge in [0.15, 0.2) is 11.5 Å². The van der Waals surface area contributed by atoms with E-state index in [0.717, 1.165) is 16.7 Å². The van der Waals surface area contributed by atoms with Crippen LogP contribution in [0.2, 0.25) is 0 Å². The molecule has 1 N–H and O–H groups in total. The third-order valence-corrected chi connectivity index (χ3v) is 5.77. The van der Waals surface area contributed by atoms with E-state index in [-0.39, 0.29) is 11.9 Å². The van der Waals surface area contributed by atoms with Crippen molar-refractivity contribution < 1.29 is 9.13 Å². The van der Waals surface area contributed by atoms with Gasteiger partial charge in [-0.1, -0.05) is 30.8 Å². The molecule has 3 aromatic heterocycles. The number of ether oxygens (including phenoxy) is 1. The van der Waals surface area contributed by atoms with E-state index in [1.165, 1.54) is 12.4 Å². The summed E-state index contributed by atoms with van der Waals surface area (Å²) in [5.74, 6) is 1.10. The number of fused-ring (bicyclic) bond motifs is 2. The zero-order valence-electron chi connectivity index (χ0n) is 18.9. The summed E-state index contributed by atoms with van der Waals surface area (Å²) in [5.41, 5.74) is 3.78. The number of aromatic nitrogens is 5. The van der Waals surface area contributed by atoms with Crippen molar-refractivity contribution in [2.75, 3.05) is 12.4 Å². The molecule has 0 saturated carbocycles. The van der Waals surface area contributed by atoms with Gasteiger partial charge in [0.05, 0.1) is 37.4 Å². The first kappa shape index (κ1) is 21.5. The summed E-state index contributed by atoms with van der Waals surface area (Å²) in [6.07, 6.45) is 4.90. The Morgan fingerprint density at radius 3 is 2.71 bits per heavy atom. The second-order valence-corrected chi connectivity index (χ2v) is 7.95. The fraction of sp³-hybridized carbons (Fsp3) is 0.154. The number of imidazole rings is 1. The summed E-state index contributed by atoms with van der Waals surface area (Å²) < 4.78 is 21.7. The van der Waals surface area contributed by atoms with Gasteiger partial charge in [0.1, 0.15) is 23.4 Å². The number of benzene rings is 2. The molecule has 170 valence electrons. The van der Waals surface area contributed by atoms with E-state index in [1.54, 1.807) is 31.6 Å². The SMILES string of the molecule is C=Cc1nc([C@H](C)Nc2ncnc3c2ncn3Cc2ccc(OC)cc2)cc2c(F)cccc12. The standard InChI is InChI=1S/C26H23FN6O/c1-4-22-19-6-5-7-21(27)20(19)12-23(32-22)16(2)31-25-24-26(29-14-28-25)33(15-30-24)13-17-8-10-18(34-3)11-9-17/h4-12,14-16H,1,13H2,2-3H3,(H,28,29,31)/t16-/m0/s1. The number of nitrogens with one attached hydrogen (secondary N) is 1. The Morgan fingerprint density at radius 2 is 1.94 bits per heavy atom. The van der Waals surface area contributed by atoms with Crippen molar-refractivity contribution in [3.63, 3.8) is 0 Å². The van der Waals surface area contributed by atoms with Gasteiger partial charge >= 0.3 is 0 Å². The molecule has 5 rings (SSSR count). The van der Waals surface area contributed by atoms with Crippen LogP contribution in [0.1, 0.15) is 29.9 Å². The lowest BCUT2D eigenvalue weighted by Crippen LogP contribution is -2.11. The molecule has 0 aliphatic heterocycles. The first-order valence-electron chi connectivity index (χ1n) is 10.8. The van der Waals surface area contributed by atoms with Gasteiger partial charge in [0, 0.05) is 10.8 Å². The van der Waals surface area contributed by atoms with Crippen molar-refractivity contribution in [3.05, 3.63) is 90.5 Å². The van der Waals surface area contributed by atoms with Crippen LogP contribution < -0.4 is 10.1 Å². The van der Waals surface area contributed by atoms with Crippen LogP contribution in [-0.4, -0.2) is 31.6 Å². The van der Waals surface area contributed by atoms with E-state index < -0.39 is 0 Å². The Bertz CT molecular complexity index is 1500. The van der Waals surface area contributed by atoms with Crippen LogP contribution in [0.15, 0.2) is 67.8 Å². The Labute approximate surface area is 196 Å². The molecular weight excluding hydrogens is 431 g/mol. The molecule has 0 bridgehead atoms. The molecule has 0 amide bonds. The highest BCUT2D eigenvalue weighted by molar-refractivity contribution is 5.90. The Balaban J connectivity index is 1.45. The Morgan fingerprint density at radius 1 is 1.12 bits per heavy atom. The maximum Gasteiger partial charge on any atom is 0.165 e. The van der Waals surface area contributed by atoms with Gasteiger partial charge in [0.25, 0.3) is 0 Å². The molecule has 2 aromatic carbocycles. The molecule has 1 atom stereocenters. The molecule has 7 nitrogen and oxygen atoms in total. The number of methoxy groups -OCH3 is 1. The van der Waals surface area contributed by atoms with Crippen LogP contribution in [0, 0.1) is 5.82 Å². The van der Waals surface area contributed by atoms with Gasteiger partial charge in [-0.05, 0) is 42.8 Å². The number of halogens is 1. The fourth-order valence-electron chi connectivity index (χ4n) is 3.97. The van der Waals surface area contributed by atoms with Gasteiger partial charge in [0.2, 0.25) is 0 Å². The van der Waals surface area contributed by atoms with Gasteiger partial charge in [-0.3, -0.25) is 4.98 Å². The zero-order valence-corrected chi connectivity index (χ0v) is 18.9. The van der Waals surface area contributed by atoms with E-state index in [9.17, 15) is 4.39 Å². The largest absolute Gasteiger partial charge is 0.497 e. The number of nitrogens with zero attached hydrogens (tertiary/aromatic N) is 5. The van der Waals surface area contributed by atoms with Crippen molar-refractivity contribution >= 4 is 33.8 Å². The highest BCUT2D eigenvalue weighted by Crippen LogP contribution is 2.28. The van der Waals surface area contributed by atoms with Crippen molar-refractivity contribution in [1.29, 1.82) is 0 Å². The van der Waals surface area contributed by atoms with E-state index >= 15 is 0 Å². The minimum absolute atomic E-state index is 0.257. The van der Waals surface area contributed by atoms with Gasteiger partial charge < -0.3 is 14.6 Å².